The van der Waals surface area contributed by atoms with Crippen LogP contribution in [-0.4, -0.2) is 6.10 Å². The van der Waals surface area contributed by atoms with Crippen molar-refractivity contribution >= 4 is 0 Å². The first-order valence-electron chi connectivity index (χ1n) is 4.59. The molecule has 0 aliphatic rings. The van der Waals surface area contributed by atoms with Crippen molar-refractivity contribution in [1.82, 2.24) is 0 Å². The molecule has 70 valence electrons. The molecular weight excluding hydrogens is 148 g/mol. The second kappa shape index (κ2) is 5.87. The molecule has 0 radical (unpaired) electrons. The van der Waals surface area contributed by atoms with Crippen molar-refractivity contribution in [3.63, 3.8) is 0 Å². The predicted molar refractivity (Wildman–Crippen MR) is 54.0 cm³/mol. The first-order valence-corrected chi connectivity index (χ1v) is 4.59. The van der Waals surface area contributed by atoms with E-state index in [1.165, 1.54) is 12.8 Å². The molecule has 0 rings (SSSR count). The number of rotatable bonds is 6. The smallest absolute Gasteiger partial charge is 0.114 e. The van der Waals surface area contributed by atoms with E-state index in [9.17, 15) is 0 Å². The molecular formula is C11H20O. The van der Waals surface area contributed by atoms with Crippen molar-refractivity contribution < 1.29 is 4.74 Å². The van der Waals surface area contributed by atoms with Crippen LogP contribution in [0.3, 0.4) is 0 Å². The fraction of sp³-hybridized carbons (Fsp3) is 0.636. The van der Waals surface area contributed by atoms with Gasteiger partial charge in [-0.2, -0.15) is 0 Å². The van der Waals surface area contributed by atoms with E-state index < -0.39 is 0 Å². The Morgan fingerprint density at radius 2 is 2.00 bits per heavy atom. The van der Waals surface area contributed by atoms with Crippen molar-refractivity contribution in [2.24, 2.45) is 0 Å². The zero-order valence-corrected chi connectivity index (χ0v) is 8.52. The quantitative estimate of drug-likeness (QED) is 0.434. The van der Waals surface area contributed by atoms with Crippen LogP contribution in [0.5, 0.6) is 0 Å². The van der Waals surface area contributed by atoms with E-state index in [0.29, 0.717) is 0 Å². The zero-order valence-electron chi connectivity index (χ0n) is 8.52. The topological polar surface area (TPSA) is 9.23 Å². The van der Waals surface area contributed by atoms with E-state index in [0.717, 1.165) is 17.8 Å². The SMILES string of the molecule is C=C(C)C(=C)OC(C)CCCC. The molecule has 0 fully saturated rings. The molecule has 0 aliphatic heterocycles. The van der Waals surface area contributed by atoms with Crippen LogP contribution in [0.4, 0.5) is 0 Å². The van der Waals surface area contributed by atoms with Crippen LogP contribution in [0.2, 0.25) is 0 Å². The van der Waals surface area contributed by atoms with E-state index in [4.69, 9.17) is 4.74 Å². The molecule has 0 saturated carbocycles. The molecule has 1 unspecified atom stereocenters. The fourth-order valence-electron chi connectivity index (χ4n) is 0.894. The minimum Gasteiger partial charge on any atom is -0.491 e. The van der Waals surface area contributed by atoms with Gasteiger partial charge in [-0.3, -0.25) is 0 Å². The van der Waals surface area contributed by atoms with Gasteiger partial charge in [-0.15, -0.1) is 0 Å². The largest absolute Gasteiger partial charge is 0.491 e. The summed E-state index contributed by atoms with van der Waals surface area (Å²) < 4.78 is 5.52. The lowest BCUT2D eigenvalue weighted by molar-refractivity contribution is 0.129. The summed E-state index contributed by atoms with van der Waals surface area (Å²) in [5.41, 5.74) is 0.915. The van der Waals surface area contributed by atoms with Gasteiger partial charge in [-0.05, 0) is 25.8 Å². The van der Waals surface area contributed by atoms with Gasteiger partial charge in [0, 0.05) is 0 Å². The Bertz CT molecular complexity index is 158. The van der Waals surface area contributed by atoms with Gasteiger partial charge in [0.15, 0.2) is 0 Å². The van der Waals surface area contributed by atoms with Crippen LogP contribution in [0.25, 0.3) is 0 Å². The van der Waals surface area contributed by atoms with E-state index >= 15 is 0 Å². The summed E-state index contributed by atoms with van der Waals surface area (Å²) >= 11 is 0. The summed E-state index contributed by atoms with van der Waals surface area (Å²) in [5.74, 6) is 0.721. The Morgan fingerprint density at radius 3 is 2.42 bits per heavy atom. The molecule has 0 aromatic rings. The Morgan fingerprint density at radius 1 is 1.42 bits per heavy atom. The molecule has 1 atom stereocenters. The highest BCUT2D eigenvalue weighted by Gasteiger charge is 2.03. The Kier molecular flexibility index (Phi) is 5.52. The van der Waals surface area contributed by atoms with Gasteiger partial charge in [0.05, 0.1) is 6.10 Å². The molecule has 1 nitrogen and oxygen atoms in total. The van der Waals surface area contributed by atoms with E-state index in [-0.39, 0.29) is 6.10 Å². The van der Waals surface area contributed by atoms with E-state index in [2.05, 4.69) is 27.0 Å². The average molecular weight is 168 g/mol. The van der Waals surface area contributed by atoms with Crippen molar-refractivity contribution in [2.75, 3.05) is 0 Å². The minimum atomic E-state index is 0.272. The predicted octanol–water partition coefficient (Wildman–Crippen LogP) is 3.67. The highest BCUT2D eigenvalue weighted by Crippen LogP contribution is 2.12. The lowest BCUT2D eigenvalue weighted by Gasteiger charge is -2.15. The van der Waals surface area contributed by atoms with Crippen LogP contribution >= 0.6 is 0 Å². The lowest BCUT2D eigenvalue weighted by Crippen LogP contribution is -2.07. The van der Waals surface area contributed by atoms with Crippen molar-refractivity contribution in [2.45, 2.75) is 46.1 Å². The van der Waals surface area contributed by atoms with Gasteiger partial charge < -0.3 is 4.74 Å². The molecule has 0 aliphatic carbocycles. The number of hydrogen-bond acceptors (Lipinski definition) is 1. The van der Waals surface area contributed by atoms with Crippen molar-refractivity contribution in [3.8, 4) is 0 Å². The summed E-state index contributed by atoms with van der Waals surface area (Å²) in [6.07, 6.45) is 3.80. The maximum atomic E-state index is 5.52. The summed E-state index contributed by atoms with van der Waals surface area (Å²) in [6.45, 7) is 13.7. The third-order valence-electron chi connectivity index (χ3n) is 1.78. The molecule has 0 aromatic heterocycles. The van der Waals surface area contributed by atoms with E-state index in [1.54, 1.807) is 0 Å². The Labute approximate surface area is 76.1 Å². The van der Waals surface area contributed by atoms with Gasteiger partial charge in [-0.25, -0.2) is 0 Å². The van der Waals surface area contributed by atoms with E-state index in [1.807, 2.05) is 6.92 Å². The summed E-state index contributed by atoms with van der Waals surface area (Å²) in [7, 11) is 0. The molecule has 1 heteroatoms. The minimum absolute atomic E-state index is 0.272. The van der Waals surface area contributed by atoms with Crippen LogP contribution in [0, 0.1) is 0 Å². The highest BCUT2D eigenvalue weighted by atomic mass is 16.5. The number of ether oxygens (including phenoxy) is 1. The number of allylic oxidation sites excluding steroid dienone is 1. The molecule has 0 spiro atoms. The second-order valence-electron chi connectivity index (χ2n) is 3.27. The number of hydrogen-bond donors (Lipinski definition) is 0. The molecule has 0 aromatic carbocycles. The third-order valence-corrected chi connectivity index (χ3v) is 1.78. The summed E-state index contributed by atoms with van der Waals surface area (Å²) in [4.78, 5) is 0. The van der Waals surface area contributed by atoms with Crippen LogP contribution in [0.1, 0.15) is 40.0 Å². The molecule has 12 heavy (non-hydrogen) atoms. The summed E-state index contributed by atoms with van der Waals surface area (Å²) in [5, 5.41) is 0. The highest BCUT2D eigenvalue weighted by molar-refractivity contribution is 5.16. The van der Waals surface area contributed by atoms with Crippen LogP contribution < -0.4 is 0 Å². The zero-order chi connectivity index (χ0) is 9.56. The van der Waals surface area contributed by atoms with Gasteiger partial charge in [-0.1, -0.05) is 32.9 Å². The van der Waals surface area contributed by atoms with Crippen LogP contribution in [0.15, 0.2) is 24.5 Å². The molecule has 0 heterocycles. The van der Waals surface area contributed by atoms with Gasteiger partial charge >= 0.3 is 0 Å². The monoisotopic (exact) mass is 168 g/mol. The lowest BCUT2D eigenvalue weighted by atomic mass is 10.2. The molecule has 0 amide bonds. The Hall–Kier alpha value is -0.720. The standard InChI is InChI=1S/C11H20O/c1-6-7-8-10(4)12-11(5)9(2)3/h10H,2,5-8H2,1,3-4H3. The molecule has 0 bridgehead atoms. The Balaban J connectivity index is 3.61. The number of unbranched alkanes of at least 4 members (excludes halogenated alkanes) is 1. The average Bonchev–Trinajstić information content (AvgIpc) is 2.00. The fourth-order valence-corrected chi connectivity index (χ4v) is 0.894. The first kappa shape index (κ1) is 11.3. The maximum absolute atomic E-state index is 5.52. The van der Waals surface area contributed by atoms with Crippen LogP contribution in [-0.2, 0) is 4.74 Å². The van der Waals surface area contributed by atoms with Gasteiger partial charge in [0.25, 0.3) is 0 Å². The van der Waals surface area contributed by atoms with Gasteiger partial charge in [0.1, 0.15) is 5.76 Å². The molecule has 0 saturated heterocycles. The first-order chi connectivity index (χ1) is 5.57. The van der Waals surface area contributed by atoms with Crippen molar-refractivity contribution in [1.29, 1.82) is 0 Å². The second-order valence-corrected chi connectivity index (χ2v) is 3.27. The normalized spacial score (nSPS) is 12.2. The van der Waals surface area contributed by atoms with Crippen molar-refractivity contribution in [3.05, 3.63) is 24.5 Å². The van der Waals surface area contributed by atoms with Gasteiger partial charge in [0.2, 0.25) is 0 Å². The maximum Gasteiger partial charge on any atom is 0.114 e. The summed E-state index contributed by atoms with van der Waals surface area (Å²) in [6, 6.07) is 0. The third kappa shape index (κ3) is 5.00. The molecule has 0 N–H and O–H groups in total.